The highest BCUT2D eigenvalue weighted by Crippen LogP contribution is 2.23. The van der Waals surface area contributed by atoms with Gasteiger partial charge in [0.05, 0.1) is 5.69 Å². The lowest BCUT2D eigenvalue weighted by molar-refractivity contribution is 0.0755. The topological polar surface area (TPSA) is 101 Å². The highest BCUT2D eigenvalue weighted by molar-refractivity contribution is 5.92. The van der Waals surface area contributed by atoms with Crippen molar-refractivity contribution in [1.29, 1.82) is 0 Å². The maximum Gasteiger partial charge on any atom is 0.291 e. The smallest absolute Gasteiger partial charge is 0.291 e. The van der Waals surface area contributed by atoms with Gasteiger partial charge in [-0.05, 0) is 19.1 Å². The van der Waals surface area contributed by atoms with Crippen molar-refractivity contribution >= 4 is 5.91 Å². The Bertz CT molecular complexity index is 812. The Balaban J connectivity index is 1.76. The van der Waals surface area contributed by atoms with Crippen LogP contribution in [0.15, 0.2) is 34.7 Å². The second kappa shape index (κ2) is 6.61. The van der Waals surface area contributed by atoms with Crippen LogP contribution in [-0.4, -0.2) is 50.0 Å². The lowest BCUT2D eigenvalue weighted by Crippen LogP contribution is -2.30. The average Bonchev–Trinajstić information content (AvgIpc) is 3.24. The summed E-state index contributed by atoms with van der Waals surface area (Å²) in [5, 5.41) is 13.8. The van der Waals surface area contributed by atoms with Crippen LogP contribution in [0.4, 0.5) is 0 Å². The molecular weight excluding hydrogens is 308 g/mol. The van der Waals surface area contributed by atoms with Crippen molar-refractivity contribution in [2.24, 2.45) is 0 Å². The lowest BCUT2D eigenvalue weighted by atomic mass is 10.1. The Kier molecular flexibility index (Phi) is 4.37. The van der Waals surface area contributed by atoms with Gasteiger partial charge in [0.1, 0.15) is 0 Å². The molecule has 0 aliphatic carbocycles. The summed E-state index contributed by atoms with van der Waals surface area (Å²) in [5.41, 5.74) is 1.40. The zero-order valence-electron chi connectivity index (χ0n) is 13.7. The summed E-state index contributed by atoms with van der Waals surface area (Å²) in [6.07, 6.45) is 0. The molecule has 1 N–H and O–H groups in total. The van der Waals surface area contributed by atoms with Gasteiger partial charge in [-0.15, -0.1) is 10.2 Å². The van der Waals surface area contributed by atoms with Crippen molar-refractivity contribution in [2.45, 2.75) is 19.8 Å². The summed E-state index contributed by atoms with van der Waals surface area (Å²) >= 11 is 0. The van der Waals surface area contributed by atoms with Crippen molar-refractivity contribution in [3.8, 4) is 11.5 Å². The van der Waals surface area contributed by atoms with Crippen LogP contribution in [0, 0.1) is 6.92 Å². The van der Waals surface area contributed by atoms with Gasteiger partial charge >= 0.3 is 0 Å². The maximum absolute atomic E-state index is 12.6. The number of tetrazole rings is 1. The number of carbonyl (C=O) groups is 1. The third-order valence-corrected chi connectivity index (χ3v) is 3.71. The third kappa shape index (κ3) is 3.17. The molecule has 0 radical (unpaired) electrons. The van der Waals surface area contributed by atoms with E-state index in [0.29, 0.717) is 24.0 Å². The van der Waals surface area contributed by atoms with Gasteiger partial charge in [0, 0.05) is 25.1 Å². The van der Waals surface area contributed by atoms with E-state index in [1.165, 1.54) is 0 Å². The van der Waals surface area contributed by atoms with Crippen molar-refractivity contribution in [3.05, 3.63) is 47.6 Å². The minimum Gasteiger partial charge on any atom is -0.431 e. The highest BCUT2D eigenvalue weighted by Gasteiger charge is 2.24. The van der Waals surface area contributed by atoms with Crippen LogP contribution in [0.5, 0.6) is 0 Å². The Morgan fingerprint density at radius 2 is 2.08 bits per heavy atom. The molecule has 0 aliphatic heterocycles. The number of carbonyl (C=O) groups excluding carboxylic acids is 1. The molecule has 8 nitrogen and oxygen atoms in total. The first-order valence-electron chi connectivity index (χ1n) is 7.58. The SMILES string of the molecule is Cc1nc(-c2ccccc2)oc1C(=O)N(C)C[C@@H](C)c1nn[nH]n1. The van der Waals surface area contributed by atoms with E-state index in [4.69, 9.17) is 4.42 Å². The second-order valence-corrected chi connectivity index (χ2v) is 5.66. The van der Waals surface area contributed by atoms with Crippen LogP contribution < -0.4 is 0 Å². The Hall–Kier alpha value is -3.03. The minimum absolute atomic E-state index is 0.0467. The minimum atomic E-state index is -0.225. The molecule has 24 heavy (non-hydrogen) atoms. The lowest BCUT2D eigenvalue weighted by Gasteiger charge is -2.18. The monoisotopic (exact) mass is 326 g/mol. The summed E-state index contributed by atoms with van der Waals surface area (Å²) < 4.78 is 5.70. The van der Waals surface area contributed by atoms with E-state index in [-0.39, 0.29) is 17.6 Å². The molecule has 0 saturated heterocycles. The van der Waals surface area contributed by atoms with Crippen molar-refractivity contribution in [1.82, 2.24) is 30.5 Å². The van der Waals surface area contributed by atoms with Crippen LogP contribution in [0.1, 0.15) is 34.9 Å². The molecule has 0 unspecified atom stereocenters. The standard InChI is InChI=1S/C16H18N6O2/c1-10(14-18-20-21-19-14)9-22(3)16(23)13-11(2)17-15(24-13)12-7-5-4-6-8-12/h4-8,10H,9H2,1-3H3,(H,18,19,20,21)/t10-/m1/s1. The van der Waals surface area contributed by atoms with Crippen LogP contribution in [0.2, 0.25) is 0 Å². The molecule has 0 saturated carbocycles. The fraction of sp³-hybridized carbons (Fsp3) is 0.312. The molecular formula is C16H18N6O2. The zero-order chi connectivity index (χ0) is 17.1. The summed E-state index contributed by atoms with van der Waals surface area (Å²) in [5.74, 6) is 0.980. The summed E-state index contributed by atoms with van der Waals surface area (Å²) in [7, 11) is 1.71. The van der Waals surface area contributed by atoms with E-state index in [2.05, 4.69) is 25.6 Å². The maximum atomic E-state index is 12.6. The van der Waals surface area contributed by atoms with Gasteiger partial charge in [0.15, 0.2) is 5.82 Å². The number of oxazole rings is 1. The van der Waals surface area contributed by atoms with E-state index in [1.54, 1.807) is 18.9 Å². The fourth-order valence-corrected chi connectivity index (χ4v) is 2.43. The number of H-pyrrole nitrogens is 1. The van der Waals surface area contributed by atoms with Gasteiger partial charge in [-0.1, -0.05) is 30.3 Å². The quantitative estimate of drug-likeness (QED) is 0.770. The normalized spacial score (nSPS) is 12.1. The molecule has 1 atom stereocenters. The number of nitrogens with one attached hydrogen (secondary N) is 1. The van der Waals surface area contributed by atoms with Crippen LogP contribution in [0.3, 0.4) is 0 Å². The molecule has 124 valence electrons. The molecule has 3 aromatic rings. The van der Waals surface area contributed by atoms with E-state index < -0.39 is 0 Å². The first-order valence-corrected chi connectivity index (χ1v) is 7.58. The number of nitrogens with zero attached hydrogens (tertiary/aromatic N) is 5. The van der Waals surface area contributed by atoms with Crippen molar-refractivity contribution in [3.63, 3.8) is 0 Å². The number of likely N-dealkylation sites (N-methyl/N-ethyl adjacent to an activating group) is 1. The first kappa shape index (κ1) is 15.9. The zero-order valence-corrected chi connectivity index (χ0v) is 13.7. The number of aromatic nitrogens is 5. The molecule has 0 aliphatic rings. The van der Waals surface area contributed by atoms with Gasteiger partial charge in [-0.25, -0.2) is 4.98 Å². The fourth-order valence-electron chi connectivity index (χ4n) is 2.43. The molecule has 3 rings (SSSR count). The van der Waals surface area contributed by atoms with Gasteiger partial charge in [0.2, 0.25) is 11.7 Å². The predicted octanol–water partition coefficient (Wildman–Crippen LogP) is 2.04. The number of benzene rings is 1. The van der Waals surface area contributed by atoms with Gasteiger partial charge in [-0.2, -0.15) is 5.21 Å². The van der Waals surface area contributed by atoms with Gasteiger partial charge in [0.25, 0.3) is 5.91 Å². The van der Waals surface area contributed by atoms with E-state index in [1.807, 2.05) is 37.3 Å². The highest BCUT2D eigenvalue weighted by atomic mass is 16.4. The number of rotatable bonds is 5. The molecule has 1 aromatic carbocycles. The third-order valence-electron chi connectivity index (χ3n) is 3.71. The number of hydrogen-bond donors (Lipinski definition) is 1. The largest absolute Gasteiger partial charge is 0.431 e. The Labute approximate surface area is 138 Å². The molecule has 2 aromatic heterocycles. The van der Waals surface area contributed by atoms with Crippen LogP contribution in [-0.2, 0) is 0 Å². The number of amides is 1. The number of aryl methyl sites for hydroxylation is 1. The molecule has 0 bridgehead atoms. The molecule has 1 amide bonds. The predicted molar refractivity (Wildman–Crippen MR) is 86.2 cm³/mol. The summed E-state index contributed by atoms with van der Waals surface area (Å²) in [6.45, 7) is 4.14. The Morgan fingerprint density at radius 3 is 2.75 bits per heavy atom. The van der Waals surface area contributed by atoms with E-state index >= 15 is 0 Å². The Morgan fingerprint density at radius 1 is 1.33 bits per heavy atom. The van der Waals surface area contributed by atoms with Crippen LogP contribution >= 0.6 is 0 Å². The van der Waals surface area contributed by atoms with Gasteiger partial charge < -0.3 is 9.32 Å². The number of aromatic amines is 1. The van der Waals surface area contributed by atoms with E-state index in [0.717, 1.165) is 5.56 Å². The molecule has 0 spiro atoms. The van der Waals surface area contributed by atoms with Crippen molar-refractivity contribution in [2.75, 3.05) is 13.6 Å². The van der Waals surface area contributed by atoms with E-state index in [9.17, 15) is 4.79 Å². The summed E-state index contributed by atoms with van der Waals surface area (Å²) in [6, 6.07) is 9.49. The molecule has 2 heterocycles. The van der Waals surface area contributed by atoms with Crippen molar-refractivity contribution < 1.29 is 9.21 Å². The van der Waals surface area contributed by atoms with Crippen LogP contribution in [0.25, 0.3) is 11.5 Å². The number of hydrogen-bond acceptors (Lipinski definition) is 6. The molecule has 0 fully saturated rings. The van der Waals surface area contributed by atoms with Gasteiger partial charge in [-0.3, -0.25) is 4.79 Å². The first-order chi connectivity index (χ1) is 11.6. The second-order valence-electron chi connectivity index (χ2n) is 5.66. The molecule has 8 heteroatoms. The average molecular weight is 326 g/mol. The summed E-state index contributed by atoms with van der Waals surface area (Å²) in [4.78, 5) is 18.6.